The molecular weight excluding hydrogens is 293 g/mol. The predicted octanol–water partition coefficient (Wildman–Crippen LogP) is 1.59. The van der Waals surface area contributed by atoms with Crippen molar-refractivity contribution in [2.75, 3.05) is 26.3 Å². The summed E-state index contributed by atoms with van der Waals surface area (Å²) < 4.78 is 5.39. The minimum absolute atomic E-state index is 0.0299. The van der Waals surface area contributed by atoms with Crippen molar-refractivity contribution in [1.29, 1.82) is 0 Å². The molecule has 1 aromatic rings. The van der Waals surface area contributed by atoms with Crippen LogP contribution in [0.4, 0.5) is 0 Å². The van der Waals surface area contributed by atoms with Gasteiger partial charge in [0.25, 0.3) is 0 Å². The Morgan fingerprint density at radius 1 is 1.42 bits per heavy atom. The molecule has 1 saturated heterocycles. The summed E-state index contributed by atoms with van der Waals surface area (Å²) in [6, 6.07) is 2.92. The van der Waals surface area contributed by atoms with Crippen molar-refractivity contribution in [3.63, 3.8) is 0 Å². The summed E-state index contributed by atoms with van der Waals surface area (Å²) in [5.74, 6) is -0.236. The molecule has 1 aliphatic rings. The van der Waals surface area contributed by atoms with Gasteiger partial charge in [0.2, 0.25) is 5.91 Å². The number of phenols is 1. The smallest absolute Gasteiger partial charge is 0.248 e. The summed E-state index contributed by atoms with van der Waals surface area (Å²) in [5.41, 5.74) is 0.365. The third kappa shape index (κ3) is 2.95. The minimum Gasteiger partial charge on any atom is -0.508 e. The number of amides is 1. The standard InChI is InChI=1S/C12H13Cl2NO4/c13-7-1-2-8(17)11(12(7)14)9-5-15(3-4-16)10(18)6-19-9/h1-2,9,16-17H,3-6H2. The molecule has 0 spiro atoms. The number of carbonyl (C=O) groups is 1. The highest BCUT2D eigenvalue weighted by atomic mass is 35.5. The van der Waals surface area contributed by atoms with Crippen molar-refractivity contribution in [2.45, 2.75) is 6.10 Å². The molecule has 7 heteroatoms. The third-order valence-electron chi connectivity index (χ3n) is 2.95. The monoisotopic (exact) mass is 305 g/mol. The van der Waals surface area contributed by atoms with Crippen LogP contribution in [0.5, 0.6) is 5.75 Å². The van der Waals surface area contributed by atoms with E-state index in [-0.39, 0.29) is 43.0 Å². The molecule has 1 unspecified atom stereocenters. The number of rotatable bonds is 3. The predicted molar refractivity (Wildman–Crippen MR) is 70.5 cm³/mol. The van der Waals surface area contributed by atoms with Crippen LogP contribution in [0.15, 0.2) is 12.1 Å². The molecule has 104 valence electrons. The normalized spacial score (nSPS) is 19.8. The van der Waals surface area contributed by atoms with Gasteiger partial charge in [0.05, 0.1) is 23.2 Å². The van der Waals surface area contributed by atoms with Gasteiger partial charge in [0.1, 0.15) is 18.5 Å². The molecule has 1 atom stereocenters. The van der Waals surface area contributed by atoms with Gasteiger partial charge in [-0.05, 0) is 12.1 Å². The second-order valence-corrected chi connectivity index (χ2v) is 4.94. The molecule has 1 amide bonds. The van der Waals surface area contributed by atoms with E-state index in [1.54, 1.807) is 0 Å². The first-order valence-electron chi connectivity index (χ1n) is 5.71. The lowest BCUT2D eigenvalue weighted by Gasteiger charge is -2.33. The van der Waals surface area contributed by atoms with Crippen LogP contribution in [0.3, 0.4) is 0 Å². The Balaban J connectivity index is 2.27. The molecule has 2 rings (SSSR count). The number of morpholine rings is 1. The molecule has 1 heterocycles. The van der Waals surface area contributed by atoms with Crippen molar-refractivity contribution in [1.82, 2.24) is 4.90 Å². The first-order chi connectivity index (χ1) is 9.04. The molecule has 0 aliphatic carbocycles. The Kier molecular flexibility index (Phi) is 4.52. The van der Waals surface area contributed by atoms with Crippen LogP contribution in [-0.4, -0.2) is 47.3 Å². The van der Waals surface area contributed by atoms with E-state index in [9.17, 15) is 9.90 Å². The number of halogens is 2. The van der Waals surface area contributed by atoms with Gasteiger partial charge in [-0.25, -0.2) is 0 Å². The van der Waals surface area contributed by atoms with E-state index in [0.29, 0.717) is 10.6 Å². The summed E-state index contributed by atoms with van der Waals surface area (Å²) >= 11 is 12.0. The summed E-state index contributed by atoms with van der Waals surface area (Å²) in [4.78, 5) is 13.0. The van der Waals surface area contributed by atoms with E-state index in [0.717, 1.165) is 0 Å². The van der Waals surface area contributed by atoms with Gasteiger partial charge >= 0.3 is 0 Å². The van der Waals surface area contributed by atoms with Gasteiger partial charge in [-0.2, -0.15) is 0 Å². The highest BCUT2D eigenvalue weighted by molar-refractivity contribution is 6.42. The number of hydrogen-bond acceptors (Lipinski definition) is 4. The number of hydrogen-bond donors (Lipinski definition) is 2. The number of β-amino-alcohol motifs (C(OH)–C–C–N with tert-alkyl or cyclic N) is 1. The summed E-state index contributed by atoms with van der Waals surface area (Å²) in [5, 5.41) is 19.3. The summed E-state index contributed by atoms with van der Waals surface area (Å²) in [7, 11) is 0. The molecule has 1 aliphatic heterocycles. The number of nitrogens with zero attached hydrogens (tertiary/aromatic N) is 1. The number of aliphatic hydroxyl groups excluding tert-OH is 1. The fourth-order valence-electron chi connectivity index (χ4n) is 1.99. The topological polar surface area (TPSA) is 70.0 Å². The maximum atomic E-state index is 11.6. The number of carbonyl (C=O) groups excluding carboxylic acids is 1. The van der Waals surface area contributed by atoms with Crippen molar-refractivity contribution in [3.05, 3.63) is 27.7 Å². The molecule has 5 nitrogen and oxygen atoms in total. The van der Waals surface area contributed by atoms with Gasteiger partial charge in [0.15, 0.2) is 0 Å². The Labute approximate surface area is 120 Å². The number of aromatic hydroxyl groups is 1. The SMILES string of the molecule is O=C1COC(c2c(O)ccc(Cl)c2Cl)CN1CCO. The van der Waals surface area contributed by atoms with Gasteiger partial charge in [-0.3, -0.25) is 4.79 Å². The van der Waals surface area contributed by atoms with Gasteiger partial charge in [-0.1, -0.05) is 23.2 Å². The minimum atomic E-state index is -0.560. The average molecular weight is 306 g/mol. The highest BCUT2D eigenvalue weighted by Gasteiger charge is 2.30. The molecular formula is C12H13Cl2NO4. The fourth-order valence-corrected chi connectivity index (χ4v) is 2.44. The maximum absolute atomic E-state index is 11.6. The zero-order chi connectivity index (χ0) is 14.0. The first kappa shape index (κ1) is 14.4. The van der Waals surface area contributed by atoms with Crippen LogP contribution in [0.1, 0.15) is 11.7 Å². The lowest BCUT2D eigenvalue weighted by molar-refractivity contribution is -0.150. The van der Waals surface area contributed by atoms with E-state index in [1.807, 2.05) is 0 Å². The zero-order valence-corrected chi connectivity index (χ0v) is 11.5. The first-order valence-corrected chi connectivity index (χ1v) is 6.47. The van der Waals surface area contributed by atoms with Crippen LogP contribution in [0, 0.1) is 0 Å². The summed E-state index contributed by atoms with van der Waals surface area (Å²) in [6.07, 6.45) is -0.560. The van der Waals surface area contributed by atoms with Crippen LogP contribution in [-0.2, 0) is 9.53 Å². The third-order valence-corrected chi connectivity index (χ3v) is 3.77. The molecule has 1 aromatic carbocycles. The molecule has 19 heavy (non-hydrogen) atoms. The van der Waals surface area contributed by atoms with Crippen molar-refractivity contribution >= 4 is 29.1 Å². The van der Waals surface area contributed by atoms with Crippen LogP contribution < -0.4 is 0 Å². The molecule has 0 saturated carbocycles. The van der Waals surface area contributed by atoms with E-state index < -0.39 is 6.10 Å². The van der Waals surface area contributed by atoms with Gasteiger partial charge < -0.3 is 19.8 Å². The molecule has 2 N–H and O–H groups in total. The Bertz CT molecular complexity index is 495. The molecule has 0 aromatic heterocycles. The van der Waals surface area contributed by atoms with E-state index in [1.165, 1.54) is 17.0 Å². The molecule has 0 radical (unpaired) electrons. The molecule has 1 fully saturated rings. The number of benzene rings is 1. The maximum Gasteiger partial charge on any atom is 0.248 e. The molecule has 0 bridgehead atoms. The van der Waals surface area contributed by atoms with Crippen molar-refractivity contribution in [2.24, 2.45) is 0 Å². The Morgan fingerprint density at radius 2 is 2.16 bits per heavy atom. The van der Waals surface area contributed by atoms with Gasteiger partial charge in [-0.15, -0.1) is 0 Å². The van der Waals surface area contributed by atoms with E-state index in [2.05, 4.69) is 0 Å². The van der Waals surface area contributed by atoms with E-state index >= 15 is 0 Å². The highest BCUT2D eigenvalue weighted by Crippen LogP contribution is 2.39. The number of ether oxygens (including phenoxy) is 1. The second-order valence-electron chi connectivity index (χ2n) is 4.16. The quantitative estimate of drug-likeness (QED) is 0.890. The zero-order valence-electron chi connectivity index (χ0n) is 9.97. The largest absolute Gasteiger partial charge is 0.508 e. The van der Waals surface area contributed by atoms with Crippen LogP contribution in [0.25, 0.3) is 0 Å². The summed E-state index contributed by atoms with van der Waals surface area (Å²) in [6.45, 7) is 0.186. The number of phenolic OH excluding ortho intramolecular Hbond substituents is 1. The van der Waals surface area contributed by atoms with Gasteiger partial charge in [0, 0.05) is 12.1 Å². The van der Waals surface area contributed by atoms with E-state index in [4.69, 9.17) is 33.0 Å². The Hall–Kier alpha value is -1.01. The van der Waals surface area contributed by atoms with Crippen LogP contribution >= 0.6 is 23.2 Å². The fraction of sp³-hybridized carbons (Fsp3) is 0.417. The lowest BCUT2D eigenvalue weighted by Crippen LogP contribution is -2.44. The lowest BCUT2D eigenvalue weighted by atomic mass is 10.1. The Morgan fingerprint density at radius 3 is 2.84 bits per heavy atom. The number of aliphatic hydroxyl groups is 1. The van der Waals surface area contributed by atoms with Crippen LogP contribution in [0.2, 0.25) is 10.0 Å². The van der Waals surface area contributed by atoms with Crippen molar-refractivity contribution < 1.29 is 19.7 Å². The van der Waals surface area contributed by atoms with Crippen molar-refractivity contribution in [3.8, 4) is 5.75 Å². The second kappa shape index (κ2) is 5.96. The average Bonchev–Trinajstić information content (AvgIpc) is 2.38.